The number of sulfonamides is 1. The van der Waals surface area contributed by atoms with Gasteiger partial charge in [0, 0.05) is 50.7 Å². The summed E-state index contributed by atoms with van der Waals surface area (Å²) in [6.07, 6.45) is 2.56. The molecule has 35 heavy (non-hydrogen) atoms. The van der Waals surface area contributed by atoms with E-state index in [1.54, 1.807) is 4.90 Å². The normalized spacial score (nSPS) is 17.6. The van der Waals surface area contributed by atoms with Gasteiger partial charge in [0.25, 0.3) is 11.6 Å². The second-order valence-electron chi connectivity index (χ2n) is 8.77. The molecule has 12 heteroatoms. The molecule has 3 heterocycles. The predicted octanol–water partition coefficient (Wildman–Crippen LogP) is 2.61. The molecule has 2 aliphatic heterocycles. The number of aromatic amines is 1. The molecule has 11 nitrogen and oxygen atoms in total. The Labute approximate surface area is 202 Å². The van der Waals surface area contributed by atoms with Gasteiger partial charge in [-0.2, -0.15) is 9.40 Å². The van der Waals surface area contributed by atoms with E-state index in [1.165, 1.54) is 16.4 Å². The van der Waals surface area contributed by atoms with Crippen molar-refractivity contribution in [2.75, 3.05) is 44.2 Å². The summed E-state index contributed by atoms with van der Waals surface area (Å²) in [4.78, 5) is 27.8. The fraction of sp³-hybridized carbons (Fsp3) is 0.391. The zero-order valence-electron chi connectivity index (χ0n) is 19.1. The molecule has 0 saturated carbocycles. The number of amides is 1. The van der Waals surface area contributed by atoms with E-state index < -0.39 is 14.9 Å². The summed E-state index contributed by atoms with van der Waals surface area (Å²) in [5, 5.41) is 19.7. The fourth-order valence-corrected chi connectivity index (χ4v) is 6.30. The first kappa shape index (κ1) is 23.2. The highest BCUT2D eigenvalue weighted by molar-refractivity contribution is 7.89. The number of nitro benzene ring substituents is 1. The van der Waals surface area contributed by atoms with Crippen molar-refractivity contribution in [1.82, 2.24) is 19.4 Å². The lowest BCUT2D eigenvalue weighted by Gasteiger charge is -2.35. The largest absolute Gasteiger partial charge is 0.362 e. The van der Waals surface area contributed by atoms with Gasteiger partial charge in [-0.1, -0.05) is 24.6 Å². The van der Waals surface area contributed by atoms with E-state index in [2.05, 4.69) is 10.2 Å². The van der Waals surface area contributed by atoms with Crippen molar-refractivity contribution in [2.45, 2.75) is 24.2 Å². The lowest BCUT2D eigenvalue weighted by atomic mass is 10.1. The number of piperazine rings is 1. The molecule has 1 aromatic heterocycles. The van der Waals surface area contributed by atoms with Crippen molar-refractivity contribution in [2.24, 2.45) is 0 Å². The van der Waals surface area contributed by atoms with Crippen LogP contribution in [0.3, 0.4) is 0 Å². The number of aromatic nitrogens is 2. The van der Waals surface area contributed by atoms with Crippen molar-refractivity contribution >= 4 is 38.2 Å². The lowest BCUT2D eigenvalue weighted by Crippen LogP contribution is -2.49. The Kier molecular flexibility index (Phi) is 6.15. The maximum Gasteiger partial charge on any atom is 0.293 e. The number of rotatable bonds is 5. The highest BCUT2D eigenvalue weighted by atomic mass is 32.2. The van der Waals surface area contributed by atoms with Crippen molar-refractivity contribution in [1.29, 1.82) is 0 Å². The Morgan fingerprint density at radius 2 is 1.69 bits per heavy atom. The number of carbonyl (C=O) groups excluding carboxylic acids is 1. The van der Waals surface area contributed by atoms with Gasteiger partial charge in [-0.3, -0.25) is 20.0 Å². The third-order valence-electron chi connectivity index (χ3n) is 6.68. The minimum absolute atomic E-state index is 0.0610. The van der Waals surface area contributed by atoms with Crippen LogP contribution < -0.4 is 4.90 Å². The number of hydrogen-bond donors (Lipinski definition) is 1. The molecular weight excluding hydrogens is 472 g/mol. The van der Waals surface area contributed by atoms with Crippen LogP contribution >= 0.6 is 0 Å². The molecule has 3 aromatic rings. The van der Waals surface area contributed by atoms with E-state index in [9.17, 15) is 23.3 Å². The average molecular weight is 499 g/mol. The molecule has 0 radical (unpaired) electrons. The van der Waals surface area contributed by atoms with Gasteiger partial charge in [0.2, 0.25) is 10.0 Å². The van der Waals surface area contributed by atoms with Gasteiger partial charge in [0.05, 0.1) is 15.3 Å². The van der Waals surface area contributed by atoms with Crippen LogP contribution in [0.15, 0.2) is 47.4 Å². The fourth-order valence-electron chi connectivity index (χ4n) is 4.76. The minimum atomic E-state index is -3.78. The van der Waals surface area contributed by atoms with Crippen molar-refractivity contribution in [3.63, 3.8) is 0 Å². The lowest BCUT2D eigenvalue weighted by molar-refractivity contribution is -0.384. The number of nitrogens with one attached hydrogen (secondary N) is 1. The number of fused-ring (bicyclic) bond motifs is 1. The van der Waals surface area contributed by atoms with Crippen LogP contribution in [-0.2, 0) is 10.0 Å². The zero-order chi connectivity index (χ0) is 24.6. The SMILES string of the molecule is O=C(c1n[nH]c2ccccc12)N1CCN(c2ccc(S(=O)(=O)N3CCCCC3)cc2[N+](=O)[O-])CC1. The molecule has 0 aliphatic carbocycles. The van der Waals surface area contributed by atoms with Gasteiger partial charge < -0.3 is 9.80 Å². The van der Waals surface area contributed by atoms with Gasteiger partial charge in [-0.05, 0) is 31.0 Å². The van der Waals surface area contributed by atoms with Crippen molar-refractivity contribution < 1.29 is 18.1 Å². The molecule has 0 spiro atoms. The maximum atomic E-state index is 13.0. The van der Waals surface area contributed by atoms with Gasteiger partial charge in [0.1, 0.15) is 5.69 Å². The summed E-state index contributed by atoms with van der Waals surface area (Å²) in [5.74, 6) is -0.195. The zero-order valence-corrected chi connectivity index (χ0v) is 19.9. The van der Waals surface area contributed by atoms with E-state index >= 15 is 0 Å². The van der Waals surface area contributed by atoms with E-state index in [-0.39, 0.29) is 16.5 Å². The number of hydrogen-bond acceptors (Lipinski definition) is 7. The second kappa shape index (κ2) is 9.27. The monoisotopic (exact) mass is 498 g/mol. The first-order valence-electron chi connectivity index (χ1n) is 11.6. The molecule has 2 saturated heterocycles. The van der Waals surface area contributed by atoms with Gasteiger partial charge >= 0.3 is 0 Å². The van der Waals surface area contributed by atoms with Gasteiger partial charge in [-0.25, -0.2) is 8.42 Å². The average Bonchev–Trinajstić information content (AvgIpc) is 3.33. The van der Waals surface area contributed by atoms with Gasteiger partial charge in [-0.15, -0.1) is 0 Å². The highest BCUT2D eigenvalue weighted by Crippen LogP contribution is 2.33. The molecule has 0 unspecified atom stereocenters. The third kappa shape index (κ3) is 4.34. The number of carbonyl (C=O) groups is 1. The maximum absolute atomic E-state index is 13.0. The minimum Gasteiger partial charge on any atom is -0.362 e. The van der Waals surface area contributed by atoms with E-state index in [0.717, 1.165) is 36.2 Å². The molecular formula is C23H26N6O5S. The quantitative estimate of drug-likeness (QED) is 0.422. The number of benzene rings is 2. The Bertz CT molecular complexity index is 1370. The summed E-state index contributed by atoms with van der Waals surface area (Å²) < 4.78 is 27.4. The summed E-state index contributed by atoms with van der Waals surface area (Å²) >= 11 is 0. The topological polar surface area (TPSA) is 133 Å². The summed E-state index contributed by atoms with van der Waals surface area (Å²) in [6.45, 7) is 2.36. The molecule has 0 atom stereocenters. The van der Waals surface area contributed by atoms with Crippen LogP contribution in [0.4, 0.5) is 11.4 Å². The number of piperidine rings is 1. The summed E-state index contributed by atoms with van der Waals surface area (Å²) in [5.41, 5.74) is 1.24. The molecule has 184 valence electrons. The Hall–Kier alpha value is -3.51. The van der Waals surface area contributed by atoms with E-state index in [4.69, 9.17) is 0 Å². The van der Waals surface area contributed by atoms with Crippen LogP contribution in [0.2, 0.25) is 0 Å². The molecule has 1 N–H and O–H groups in total. The summed E-state index contributed by atoms with van der Waals surface area (Å²) in [7, 11) is -3.78. The van der Waals surface area contributed by atoms with Crippen molar-refractivity contribution in [3.8, 4) is 0 Å². The van der Waals surface area contributed by atoms with E-state index in [0.29, 0.717) is 50.6 Å². The predicted molar refractivity (Wildman–Crippen MR) is 130 cm³/mol. The smallest absolute Gasteiger partial charge is 0.293 e. The Balaban J connectivity index is 1.33. The van der Waals surface area contributed by atoms with Crippen LogP contribution in [0.1, 0.15) is 29.8 Å². The van der Waals surface area contributed by atoms with Gasteiger partial charge in [0.15, 0.2) is 5.69 Å². The molecule has 2 fully saturated rings. The van der Waals surface area contributed by atoms with E-state index in [1.807, 2.05) is 29.2 Å². The third-order valence-corrected chi connectivity index (χ3v) is 8.57. The van der Waals surface area contributed by atoms with Crippen LogP contribution in [0.5, 0.6) is 0 Å². The second-order valence-corrected chi connectivity index (χ2v) is 10.7. The number of nitrogens with zero attached hydrogens (tertiary/aromatic N) is 5. The summed E-state index contributed by atoms with van der Waals surface area (Å²) in [6, 6.07) is 11.5. The molecule has 1 amide bonds. The number of anilines is 1. The molecule has 2 aliphatic rings. The standard InChI is InChI=1S/C23H26N6O5S/c30-23(22-18-6-2-3-7-19(18)24-25-22)27-14-12-26(13-15-27)20-9-8-17(16-21(20)29(31)32)35(33,34)28-10-4-1-5-11-28/h2-3,6-9,16H,1,4-5,10-15H2,(H,24,25). The number of nitro groups is 1. The first-order valence-corrected chi connectivity index (χ1v) is 13.1. The number of para-hydroxylation sites is 1. The first-order chi connectivity index (χ1) is 16.9. The Morgan fingerprint density at radius 1 is 0.971 bits per heavy atom. The molecule has 0 bridgehead atoms. The number of H-pyrrole nitrogens is 1. The van der Waals surface area contributed by atoms with Crippen molar-refractivity contribution in [3.05, 3.63) is 58.3 Å². The highest BCUT2D eigenvalue weighted by Gasteiger charge is 2.31. The molecule has 5 rings (SSSR count). The Morgan fingerprint density at radius 3 is 2.40 bits per heavy atom. The van der Waals surface area contributed by atoms with Crippen LogP contribution in [-0.4, -0.2) is 77.9 Å². The van der Waals surface area contributed by atoms with Crippen LogP contribution in [0.25, 0.3) is 10.9 Å². The molecule has 2 aromatic carbocycles. The van der Waals surface area contributed by atoms with Crippen LogP contribution in [0, 0.1) is 10.1 Å².